The Morgan fingerprint density at radius 2 is 1.37 bits per heavy atom. The van der Waals surface area contributed by atoms with Crippen molar-refractivity contribution in [2.45, 2.75) is 13.3 Å². The van der Waals surface area contributed by atoms with Crippen LogP contribution in [0.4, 0.5) is 0 Å². The highest BCUT2D eigenvalue weighted by molar-refractivity contribution is 7.26. The van der Waals surface area contributed by atoms with E-state index in [9.17, 15) is 0 Å². The lowest BCUT2D eigenvalue weighted by molar-refractivity contribution is 1.26. The summed E-state index contributed by atoms with van der Waals surface area (Å²) in [6.45, 7) is 2.21. The molecule has 6 rings (SSSR count). The molecule has 0 unspecified atom stereocenters. The summed E-state index contributed by atoms with van der Waals surface area (Å²) in [6, 6.07) is 29.2. The second-order valence-electron chi connectivity index (χ2n) is 7.44. The summed E-state index contributed by atoms with van der Waals surface area (Å²) in [5, 5.41) is 2.75. The molecule has 1 aromatic heterocycles. The van der Waals surface area contributed by atoms with Crippen LogP contribution in [0.3, 0.4) is 0 Å². The second-order valence-corrected chi connectivity index (χ2v) is 8.46. The monoisotopic (exact) mass is 362 g/mol. The van der Waals surface area contributed by atoms with Crippen molar-refractivity contribution in [2.75, 3.05) is 0 Å². The van der Waals surface area contributed by atoms with E-state index in [0.29, 0.717) is 0 Å². The number of fused-ring (bicyclic) bond motifs is 6. The quantitative estimate of drug-likeness (QED) is 0.282. The van der Waals surface area contributed by atoms with Gasteiger partial charge in [-0.15, -0.1) is 11.3 Å². The number of hydrogen-bond acceptors (Lipinski definition) is 1. The van der Waals surface area contributed by atoms with Crippen molar-refractivity contribution in [3.63, 3.8) is 0 Å². The van der Waals surface area contributed by atoms with E-state index in [2.05, 4.69) is 85.8 Å². The van der Waals surface area contributed by atoms with Gasteiger partial charge in [-0.05, 0) is 58.4 Å². The van der Waals surface area contributed by atoms with Gasteiger partial charge in [0.25, 0.3) is 0 Å². The average molecular weight is 362 g/mol. The van der Waals surface area contributed by atoms with Crippen molar-refractivity contribution in [1.29, 1.82) is 0 Å². The van der Waals surface area contributed by atoms with Crippen molar-refractivity contribution < 1.29 is 0 Å². The lowest BCUT2D eigenvalue weighted by atomic mass is 9.97. The average Bonchev–Trinajstić information content (AvgIpc) is 3.27. The van der Waals surface area contributed by atoms with Gasteiger partial charge >= 0.3 is 0 Å². The van der Waals surface area contributed by atoms with E-state index in [1.165, 1.54) is 59.1 Å². The highest BCUT2D eigenvalue weighted by Crippen LogP contribution is 2.43. The molecular formula is C26H18S. The maximum absolute atomic E-state index is 2.40. The predicted molar refractivity (Wildman–Crippen MR) is 118 cm³/mol. The number of thiophene rings is 1. The molecule has 0 saturated heterocycles. The largest absolute Gasteiger partial charge is 0.134 e. The highest BCUT2D eigenvalue weighted by Gasteiger charge is 2.19. The molecular weight excluding hydrogens is 344 g/mol. The van der Waals surface area contributed by atoms with Crippen molar-refractivity contribution in [3.05, 3.63) is 95.6 Å². The zero-order valence-electron chi connectivity index (χ0n) is 15.1. The highest BCUT2D eigenvalue weighted by atomic mass is 32.1. The molecule has 128 valence electrons. The van der Waals surface area contributed by atoms with Crippen LogP contribution in [0, 0.1) is 6.92 Å². The van der Waals surface area contributed by atoms with Gasteiger partial charge in [0.15, 0.2) is 0 Å². The third-order valence-electron chi connectivity index (χ3n) is 5.83. The Balaban J connectivity index is 1.62. The molecule has 0 saturated carbocycles. The summed E-state index contributed by atoms with van der Waals surface area (Å²) in [5.41, 5.74) is 9.72. The summed E-state index contributed by atoms with van der Waals surface area (Å²) >= 11 is 1.93. The molecule has 0 aliphatic heterocycles. The van der Waals surface area contributed by atoms with Gasteiger partial charge in [0.1, 0.15) is 0 Å². The van der Waals surface area contributed by atoms with Gasteiger partial charge in [0.2, 0.25) is 0 Å². The molecule has 27 heavy (non-hydrogen) atoms. The maximum atomic E-state index is 2.40. The minimum atomic E-state index is 1.05. The van der Waals surface area contributed by atoms with Gasteiger partial charge in [0.05, 0.1) is 0 Å². The van der Waals surface area contributed by atoms with Crippen LogP contribution in [0.2, 0.25) is 0 Å². The van der Waals surface area contributed by atoms with Gasteiger partial charge in [-0.25, -0.2) is 0 Å². The summed E-state index contributed by atoms with van der Waals surface area (Å²) in [6.07, 6.45) is 1.05. The Morgan fingerprint density at radius 1 is 0.630 bits per heavy atom. The minimum absolute atomic E-state index is 1.05. The van der Waals surface area contributed by atoms with Crippen LogP contribution in [-0.2, 0) is 6.42 Å². The number of rotatable bonds is 1. The summed E-state index contributed by atoms with van der Waals surface area (Å²) in [7, 11) is 0. The standard InChI is InChI=1S/C26H18S/c1-16-6-4-10-22-23-11-5-9-21(26(23)27-25(16)22)19-13-12-18-14-17-7-2-3-8-20(17)24(18)15-19/h2-13,15H,14H2,1H3. The van der Waals surface area contributed by atoms with Crippen LogP contribution in [-0.4, -0.2) is 0 Å². The molecule has 0 amide bonds. The molecule has 0 bridgehead atoms. The Morgan fingerprint density at radius 3 is 2.30 bits per heavy atom. The van der Waals surface area contributed by atoms with E-state index in [1.54, 1.807) is 0 Å². The van der Waals surface area contributed by atoms with Crippen molar-refractivity contribution >= 4 is 31.5 Å². The Labute approximate surface area is 162 Å². The molecule has 0 atom stereocenters. The van der Waals surface area contributed by atoms with Crippen LogP contribution in [0.15, 0.2) is 78.9 Å². The van der Waals surface area contributed by atoms with E-state index in [1.807, 2.05) is 11.3 Å². The topological polar surface area (TPSA) is 0 Å². The molecule has 1 heteroatoms. The van der Waals surface area contributed by atoms with Gasteiger partial charge in [-0.2, -0.15) is 0 Å². The van der Waals surface area contributed by atoms with E-state index >= 15 is 0 Å². The van der Waals surface area contributed by atoms with Crippen molar-refractivity contribution in [2.24, 2.45) is 0 Å². The second kappa shape index (κ2) is 5.55. The Bertz CT molecular complexity index is 1350. The summed E-state index contributed by atoms with van der Waals surface area (Å²) < 4.78 is 2.81. The molecule has 5 aromatic rings. The van der Waals surface area contributed by atoms with Gasteiger partial charge in [-0.1, -0.05) is 72.8 Å². The molecule has 0 spiro atoms. The zero-order chi connectivity index (χ0) is 18.0. The van der Waals surface area contributed by atoms with Crippen molar-refractivity contribution in [1.82, 2.24) is 0 Å². The SMILES string of the molecule is Cc1cccc2c1sc1c(-c3ccc4c(c3)-c3ccccc3C4)cccc12. The number of benzene rings is 4. The molecule has 0 radical (unpaired) electrons. The fourth-order valence-electron chi connectivity index (χ4n) is 4.48. The fourth-order valence-corrected chi connectivity index (χ4v) is 5.78. The number of aryl methyl sites for hydroxylation is 1. The van der Waals surface area contributed by atoms with Gasteiger partial charge < -0.3 is 0 Å². The summed E-state index contributed by atoms with van der Waals surface area (Å²) in [4.78, 5) is 0. The zero-order valence-corrected chi connectivity index (χ0v) is 15.9. The lowest BCUT2D eigenvalue weighted by Crippen LogP contribution is -1.83. The third kappa shape index (κ3) is 2.15. The molecule has 0 fully saturated rings. The van der Waals surface area contributed by atoms with Crippen LogP contribution in [0.1, 0.15) is 16.7 Å². The van der Waals surface area contributed by atoms with Crippen LogP contribution in [0.5, 0.6) is 0 Å². The van der Waals surface area contributed by atoms with E-state index in [4.69, 9.17) is 0 Å². The smallest absolute Gasteiger partial charge is 0.0433 e. The Hall–Kier alpha value is -2.90. The van der Waals surface area contributed by atoms with E-state index in [0.717, 1.165) is 6.42 Å². The molecule has 4 aromatic carbocycles. The first-order valence-corrected chi connectivity index (χ1v) is 10.2. The van der Waals surface area contributed by atoms with Gasteiger partial charge in [-0.3, -0.25) is 0 Å². The predicted octanol–water partition coefficient (Wildman–Crippen LogP) is 7.60. The number of hydrogen-bond donors (Lipinski definition) is 0. The first-order valence-electron chi connectivity index (χ1n) is 9.42. The molecule has 1 heterocycles. The van der Waals surface area contributed by atoms with Crippen LogP contribution in [0.25, 0.3) is 42.4 Å². The molecule has 0 N–H and O–H groups in total. The third-order valence-corrected chi connectivity index (χ3v) is 7.22. The normalized spacial score (nSPS) is 12.5. The summed E-state index contributed by atoms with van der Waals surface area (Å²) in [5.74, 6) is 0. The Kier molecular flexibility index (Phi) is 3.12. The van der Waals surface area contributed by atoms with Gasteiger partial charge in [0, 0.05) is 20.2 Å². The molecule has 1 aliphatic rings. The first kappa shape index (κ1) is 15.2. The maximum Gasteiger partial charge on any atom is 0.0433 e. The minimum Gasteiger partial charge on any atom is -0.134 e. The molecule has 0 nitrogen and oxygen atoms in total. The van der Waals surface area contributed by atoms with Crippen LogP contribution >= 0.6 is 11.3 Å². The molecule has 1 aliphatic carbocycles. The lowest BCUT2D eigenvalue weighted by Gasteiger charge is -2.07. The van der Waals surface area contributed by atoms with Crippen LogP contribution < -0.4 is 0 Å². The first-order chi connectivity index (χ1) is 13.3. The van der Waals surface area contributed by atoms with Crippen molar-refractivity contribution in [3.8, 4) is 22.3 Å². The fraction of sp³-hybridized carbons (Fsp3) is 0.0769. The van der Waals surface area contributed by atoms with E-state index < -0.39 is 0 Å². The van der Waals surface area contributed by atoms with E-state index in [-0.39, 0.29) is 0 Å².